The number of alkyl carbamates (subject to hydrolysis) is 1. The molecule has 4 aromatic carbocycles. The van der Waals surface area contributed by atoms with E-state index in [0.29, 0.717) is 6.42 Å². The molecule has 11 nitrogen and oxygen atoms in total. The topological polar surface area (TPSA) is 144 Å². The van der Waals surface area contributed by atoms with Crippen molar-refractivity contribution in [1.82, 2.24) is 15.5 Å². The summed E-state index contributed by atoms with van der Waals surface area (Å²) >= 11 is 0. The summed E-state index contributed by atoms with van der Waals surface area (Å²) < 4.78 is 17.4. The van der Waals surface area contributed by atoms with Crippen LogP contribution >= 0.6 is 0 Å². The number of carbonyl (C=O) groups excluding carboxylic acids is 4. The number of aliphatic hydroxyl groups excluding tert-OH is 1. The molecule has 3 atom stereocenters. The summed E-state index contributed by atoms with van der Waals surface area (Å²) in [5.41, 5.74) is 6.14. The number of fused-ring (bicyclic) bond motifs is 3. The third-order valence-corrected chi connectivity index (χ3v) is 9.97. The Morgan fingerprint density at radius 1 is 0.759 bits per heavy atom. The summed E-state index contributed by atoms with van der Waals surface area (Å²) in [6.45, 7) is 7.76. The quantitative estimate of drug-likeness (QED) is 0.0557. The van der Waals surface area contributed by atoms with Gasteiger partial charge in [-0.1, -0.05) is 121 Å². The van der Waals surface area contributed by atoms with Crippen molar-refractivity contribution in [3.05, 3.63) is 157 Å². The molecule has 58 heavy (non-hydrogen) atoms. The van der Waals surface area contributed by atoms with E-state index in [1.54, 1.807) is 12.2 Å². The number of esters is 1. The predicted molar refractivity (Wildman–Crippen MR) is 222 cm³/mol. The van der Waals surface area contributed by atoms with Crippen molar-refractivity contribution in [3.8, 4) is 11.1 Å². The number of benzene rings is 4. The first-order valence-corrected chi connectivity index (χ1v) is 19.7. The molecule has 0 aromatic heterocycles. The van der Waals surface area contributed by atoms with Crippen LogP contribution in [0.5, 0.6) is 0 Å². The Morgan fingerprint density at radius 2 is 1.38 bits per heavy atom. The van der Waals surface area contributed by atoms with Crippen LogP contribution < -0.4 is 10.6 Å². The summed E-state index contributed by atoms with van der Waals surface area (Å²) in [7, 11) is 0. The second-order valence-corrected chi connectivity index (χ2v) is 14.2. The predicted octanol–water partition coefficient (Wildman–Crippen LogP) is 6.71. The maximum atomic E-state index is 13.8. The van der Waals surface area contributed by atoms with Crippen LogP contribution in [0.25, 0.3) is 11.1 Å². The highest BCUT2D eigenvalue weighted by Gasteiger charge is 2.31. The number of aliphatic hydroxyl groups is 1. The van der Waals surface area contributed by atoms with Gasteiger partial charge in [-0.15, -0.1) is 13.2 Å². The van der Waals surface area contributed by atoms with Crippen LogP contribution in [0.2, 0.25) is 0 Å². The zero-order valence-electron chi connectivity index (χ0n) is 32.8. The van der Waals surface area contributed by atoms with Gasteiger partial charge in [0.25, 0.3) is 0 Å². The summed E-state index contributed by atoms with van der Waals surface area (Å²) in [6, 6.07) is 33.1. The number of amides is 3. The molecule has 0 aliphatic heterocycles. The number of nitrogens with one attached hydrogen (secondary N) is 2. The molecule has 11 heteroatoms. The van der Waals surface area contributed by atoms with E-state index in [1.165, 1.54) is 4.90 Å². The fourth-order valence-electron chi connectivity index (χ4n) is 6.98. The molecule has 0 saturated heterocycles. The molecule has 1 aliphatic carbocycles. The van der Waals surface area contributed by atoms with Crippen molar-refractivity contribution in [2.45, 2.75) is 56.8 Å². The number of hydrogen-bond donors (Lipinski definition) is 3. The summed E-state index contributed by atoms with van der Waals surface area (Å²) in [6.07, 6.45) is 3.16. The van der Waals surface area contributed by atoms with Crippen LogP contribution in [0.3, 0.4) is 0 Å². The zero-order chi connectivity index (χ0) is 41.1. The monoisotopic (exact) mass is 787 g/mol. The van der Waals surface area contributed by atoms with Gasteiger partial charge in [0, 0.05) is 25.4 Å². The lowest BCUT2D eigenvalue weighted by Crippen LogP contribution is -2.47. The van der Waals surface area contributed by atoms with Gasteiger partial charge in [0.1, 0.15) is 19.3 Å². The number of hydrogen-bond acceptors (Lipinski definition) is 8. The number of nitrogens with zero attached hydrogens (tertiary/aromatic N) is 1. The Bertz CT molecular complexity index is 1930. The van der Waals surface area contributed by atoms with Crippen molar-refractivity contribution < 1.29 is 38.5 Å². The Labute approximate surface area is 340 Å². The van der Waals surface area contributed by atoms with Crippen LogP contribution in [-0.4, -0.2) is 78.9 Å². The van der Waals surface area contributed by atoms with Crippen LogP contribution in [0.4, 0.5) is 4.79 Å². The van der Waals surface area contributed by atoms with E-state index in [0.717, 1.165) is 33.4 Å². The fourth-order valence-corrected chi connectivity index (χ4v) is 6.98. The van der Waals surface area contributed by atoms with Crippen LogP contribution in [0.15, 0.2) is 135 Å². The third kappa shape index (κ3) is 12.5. The average molecular weight is 788 g/mol. The highest BCUT2D eigenvalue weighted by Crippen LogP contribution is 2.44. The Hall–Kier alpha value is -6.04. The Morgan fingerprint density at radius 3 is 2.00 bits per heavy atom. The Kier molecular flexibility index (Phi) is 16.8. The molecule has 0 saturated carbocycles. The minimum absolute atomic E-state index is 0.00948. The molecule has 3 N–H and O–H groups in total. The standard InChI is InChI=1S/C47H53N3O8/c1-3-5-25-43(49-47(55)58-33-42-40-23-14-12-21-38(40)39-22-13-15-24-41(39)42)46(54)57-32-37(31-56-30-35-19-10-7-11-20-35)48-45(53)36(16-4-2)28-44(52)50(26-27-51)29-34-17-8-6-9-18-34/h3-4,6-15,17-24,36-37,42-43,51H,1-2,5,16,25-33H2,(H,48,53)(H,49,55)/t36-,37-,43-/m0/s1. The average Bonchev–Trinajstić information content (AvgIpc) is 3.57. The molecule has 0 fully saturated rings. The van der Waals surface area contributed by atoms with Crippen molar-refractivity contribution in [1.29, 1.82) is 0 Å². The van der Waals surface area contributed by atoms with Gasteiger partial charge < -0.3 is 34.9 Å². The minimum Gasteiger partial charge on any atom is -0.462 e. The lowest BCUT2D eigenvalue weighted by Gasteiger charge is -2.26. The van der Waals surface area contributed by atoms with Gasteiger partial charge in [0.15, 0.2) is 0 Å². The molecule has 1 aliphatic rings. The summed E-state index contributed by atoms with van der Waals surface area (Å²) in [4.78, 5) is 55.5. The highest BCUT2D eigenvalue weighted by molar-refractivity contribution is 5.86. The first kappa shape index (κ1) is 43.1. The number of ether oxygens (including phenoxy) is 3. The van der Waals surface area contributed by atoms with Crippen molar-refractivity contribution in [3.63, 3.8) is 0 Å². The maximum Gasteiger partial charge on any atom is 0.407 e. The molecule has 0 radical (unpaired) electrons. The van der Waals surface area contributed by atoms with Crippen molar-refractivity contribution in [2.24, 2.45) is 5.92 Å². The van der Waals surface area contributed by atoms with Gasteiger partial charge in [-0.05, 0) is 52.6 Å². The van der Waals surface area contributed by atoms with Gasteiger partial charge in [-0.2, -0.15) is 0 Å². The molecular formula is C47H53N3O8. The molecule has 0 spiro atoms. The van der Waals surface area contributed by atoms with E-state index in [-0.39, 0.29) is 77.2 Å². The molecule has 3 amide bonds. The van der Waals surface area contributed by atoms with E-state index in [2.05, 4.69) is 35.9 Å². The summed E-state index contributed by atoms with van der Waals surface area (Å²) in [5, 5.41) is 15.3. The Balaban J connectivity index is 1.22. The van der Waals surface area contributed by atoms with Gasteiger partial charge in [-0.3, -0.25) is 9.59 Å². The third-order valence-electron chi connectivity index (χ3n) is 9.97. The summed E-state index contributed by atoms with van der Waals surface area (Å²) in [5.74, 6) is -2.39. The largest absolute Gasteiger partial charge is 0.462 e. The van der Waals surface area contributed by atoms with Crippen molar-refractivity contribution >= 4 is 23.9 Å². The number of rotatable bonds is 23. The van der Waals surface area contributed by atoms with Gasteiger partial charge in [-0.25, -0.2) is 9.59 Å². The molecule has 304 valence electrons. The number of allylic oxidation sites excluding steroid dienone is 2. The van der Waals surface area contributed by atoms with E-state index < -0.39 is 36.0 Å². The zero-order valence-corrected chi connectivity index (χ0v) is 32.8. The lowest BCUT2D eigenvalue weighted by molar-refractivity contribution is -0.148. The maximum absolute atomic E-state index is 13.8. The first-order chi connectivity index (χ1) is 28.3. The first-order valence-electron chi connectivity index (χ1n) is 19.7. The van der Waals surface area contributed by atoms with E-state index in [1.807, 2.05) is 97.1 Å². The molecule has 5 rings (SSSR count). The van der Waals surface area contributed by atoms with Gasteiger partial charge in [0.2, 0.25) is 11.8 Å². The normalized spacial score (nSPS) is 13.2. The van der Waals surface area contributed by atoms with E-state index in [4.69, 9.17) is 14.2 Å². The van der Waals surface area contributed by atoms with E-state index >= 15 is 0 Å². The highest BCUT2D eigenvalue weighted by atomic mass is 16.6. The van der Waals surface area contributed by atoms with Crippen LogP contribution in [0.1, 0.15) is 53.9 Å². The molecular weight excluding hydrogens is 735 g/mol. The van der Waals surface area contributed by atoms with Crippen LogP contribution in [0, 0.1) is 5.92 Å². The van der Waals surface area contributed by atoms with Crippen molar-refractivity contribution in [2.75, 3.05) is 33.0 Å². The van der Waals surface area contributed by atoms with Gasteiger partial charge in [0.05, 0.1) is 31.8 Å². The molecule has 0 unspecified atom stereocenters. The number of carbonyl (C=O) groups is 4. The second kappa shape index (κ2) is 22.6. The second-order valence-electron chi connectivity index (χ2n) is 14.2. The molecule has 4 aromatic rings. The fraction of sp³-hybridized carbons (Fsp3) is 0.319. The van der Waals surface area contributed by atoms with Gasteiger partial charge >= 0.3 is 12.1 Å². The van der Waals surface area contributed by atoms with Crippen LogP contribution in [-0.2, 0) is 41.7 Å². The van der Waals surface area contributed by atoms with E-state index in [9.17, 15) is 24.3 Å². The lowest BCUT2D eigenvalue weighted by atomic mass is 9.98. The SMILES string of the molecule is C=CCC[C@H](NC(=O)OCC1c2ccccc2-c2ccccc21)C(=O)OC[C@H](COCc1ccccc1)NC(=O)[C@@H](CC=C)CC(=O)N(CCO)Cc1ccccc1. The smallest absolute Gasteiger partial charge is 0.407 e. The molecule has 0 bridgehead atoms. The molecule has 0 heterocycles. The minimum atomic E-state index is -1.05.